The smallest absolute Gasteiger partial charge is 0.217 e. The van der Waals surface area contributed by atoms with Crippen molar-refractivity contribution < 1.29 is 17.2 Å². The maximum absolute atomic E-state index is 10.2. The zero-order valence-corrected chi connectivity index (χ0v) is 11.6. The van der Waals surface area contributed by atoms with E-state index in [1.807, 2.05) is 36.2 Å². The van der Waals surface area contributed by atoms with Gasteiger partial charge in [0.15, 0.2) is 0 Å². The van der Waals surface area contributed by atoms with Crippen molar-refractivity contribution in [3.05, 3.63) is 35.4 Å². The minimum absolute atomic E-state index is 0.137. The van der Waals surface area contributed by atoms with Gasteiger partial charge in [-0.05, 0) is 18.2 Å². The van der Waals surface area contributed by atoms with E-state index in [-0.39, 0.29) is 6.61 Å². The summed E-state index contributed by atoms with van der Waals surface area (Å²) in [6, 6.07) is 7.79. The van der Waals surface area contributed by atoms with E-state index in [1.54, 1.807) is 0 Å². The van der Waals surface area contributed by atoms with Gasteiger partial charge in [-0.15, -0.1) is 11.6 Å². The van der Waals surface area contributed by atoms with Gasteiger partial charge in [0.25, 0.3) is 0 Å². The number of hydrogen-bond acceptors (Lipinski definition) is 5. The van der Waals surface area contributed by atoms with Crippen LogP contribution in [0, 0.1) is 0 Å². The molecule has 102 valence electrons. The quantitative estimate of drug-likeness (QED) is 0.431. The molecule has 0 saturated heterocycles. The lowest BCUT2D eigenvalue weighted by molar-refractivity contribution is 0.212. The Labute approximate surface area is 112 Å². The van der Waals surface area contributed by atoms with E-state index in [0.29, 0.717) is 19.0 Å². The van der Waals surface area contributed by atoms with Crippen molar-refractivity contribution in [2.24, 2.45) is 0 Å². The van der Waals surface area contributed by atoms with Crippen LogP contribution in [0.25, 0.3) is 0 Å². The van der Waals surface area contributed by atoms with Crippen molar-refractivity contribution in [3.63, 3.8) is 0 Å². The van der Waals surface area contributed by atoms with Gasteiger partial charge < -0.3 is 4.55 Å². The Morgan fingerprint density at radius 3 is 2.33 bits per heavy atom. The molecule has 0 atom stereocenters. The van der Waals surface area contributed by atoms with Gasteiger partial charge in [-0.1, -0.05) is 24.3 Å². The monoisotopic (exact) mass is 292 g/mol. The van der Waals surface area contributed by atoms with Gasteiger partial charge in [0.05, 0.1) is 6.61 Å². The third kappa shape index (κ3) is 6.32. The molecule has 0 aliphatic carbocycles. The summed E-state index contributed by atoms with van der Waals surface area (Å²) in [7, 11) is -2.78. The highest BCUT2D eigenvalue weighted by Gasteiger charge is 2.02. The molecular weight excluding hydrogens is 278 g/mol. The zero-order valence-electron chi connectivity index (χ0n) is 10.0. The van der Waals surface area contributed by atoms with E-state index in [4.69, 9.17) is 11.6 Å². The van der Waals surface area contributed by atoms with Crippen LogP contribution in [0.2, 0.25) is 0 Å². The summed E-state index contributed by atoms with van der Waals surface area (Å²) in [5.41, 5.74) is 2.13. The molecule has 0 aliphatic heterocycles. The van der Waals surface area contributed by atoms with Gasteiger partial charge in [-0.25, -0.2) is 8.42 Å². The lowest BCUT2D eigenvalue weighted by Crippen LogP contribution is -2.24. The fraction of sp³-hybridized carbons (Fsp3) is 0.455. The van der Waals surface area contributed by atoms with E-state index < -0.39 is 10.4 Å². The lowest BCUT2D eigenvalue weighted by atomic mass is 10.1. The van der Waals surface area contributed by atoms with Crippen LogP contribution in [0.4, 0.5) is 0 Å². The summed E-state index contributed by atoms with van der Waals surface area (Å²) < 4.78 is 34.8. The predicted molar refractivity (Wildman–Crippen MR) is 68.0 cm³/mol. The summed E-state index contributed by atoms with van der Waals surface area (Å²) in [4.78, 5) is 1.86. The highest BCUT2D eigenvalue weighted by Crippen LogP contribution is 2.08. The summed E-state index contributed by atoms with van der Waals surface area (Å²) >= 11 is 5.68. The van der Waals surface area contributed by atoms with Crippen molar-refractivity contribution in [1.82, 2.24) is 4.90 Å². The second kappa shape index (κ2) is 7.06. The van der Waals surface area contributed by atoms with E-state index in [0.717, 1.165) is 11.1 Å². The van der Waals surface area contributed by atoms with Crippen LogP contribution in [0.1, 0.15) is 11.1 Å². The Bertz CT molecular complexity index is 460. The van der Waals surface area contributed by atoms with Crippen molar-refractivity contribution >= 4 is 22.0 Å². The molecule has 1 rings (SSSR count). The van der Waals surface area contributed by atoms with Crippen LogP contribution >= 0.6 is 11.6 Å². The van der Waals surface area contributed by atoms with Crippen molar-refractivity contribution in [2.75, 3.05) is 20.2 Å². The van der Waals surface area contributed by atoms with Crippen LogP contribution in [0.15, 0.2) is 24.3 Å². The first-order chi connectivity index (χ1) is 8.40. The molecule has 0 aromatic heterocycles. The van der Waals surface area contributed by atoms with Crippen LogP contribution in [-0.4, -0.2) is 38.1 Å². The van der Waals surface area contributed by atoms with Crippen molar-refractivity contribution in [1.29, 1.82) is 0 Å². The number of alkyl halides is 1. The first-order valence-corrected chi connectivity index (χ1v) is 7.20. The standard InChI is InChI=1S/C11H16ClNO4S/c1-13(6-7-17-18(14,15)16)9-11-4-2-10(8-12)3-5-11/h2-5H,6-9H2,1H3,(H,14,15,16)/p-1. The average molecular weight is 293 g/mol. The lowest BCUT2D eigenvalue weighted by Gasteiger charge is -2.17. The molecule has 0 radical (unpaired) electrons. The number of likely N-dealkylation sites (N-methyl/N-ethyl adjacent to an activating group) is 1. The third-order valence-electron chi connectivity index (χ3n) is 2.33. The molecule has 0 N–H and O–H groups in total. The normalized spacial score (nSPS) is 12.0. The van der Waals surface area contributed by atoms with Crippen molar-refractivity contribution in [2.45, 2.75) is 12.4 Å². The largest absolute Gasteiger partial charge is 0.726 e. The predicted octanol–water partition coefficient (Wildman–Crippen LogP) is 1.33. The topological polar surface area (TPSA) is 69.7 Å². The summed E-state index contributed by atoms with van der Waals surface area (Å²) in [6.45, 7) is 0.867. The SMILES string of the molecule is CN(CCOS(=O)(=O)[O-])Cc1ccc(CCl)cc1. The number of nitrogens with zero attached hydrogens (tertiary/aromatic N) is 1. The Morgan fingerprint density at radius 2 is 1.83 bits per heavy atom. The maximum Gasteiger partial charge on any atom is 0.217 e. The Morgan fingerprint density at radius 1 is 1.28 bits per heavy atom. The minimum atomic E-state index is -4.59. The van der Waals surface area contributed by atoms with Gasteiger partial charge >= 0.3 is 0 Å². The van der Waals surface area contributed by atoms with E-state index in [9.17, 15) is 13.0 Å². The highest BCUT2D eigenvalue weighted by molar-refractivity contribution is 7.80. The second-order valence-electron chi connectivity index (χ2n) is 3.92. The molecule has 0 unspecified atom stereocenters. The summed E-state index contributed by atoms with van der Waals surface area (Å²) in [5.74, 6) is 0.477. The molecule has 0 heterocycles. The number of hydrogen-bond donors (Lipinski definition) is 0. The zero-order chi connectivity index (χ0) is 13.6. The Kier molecular flexibility index (Phi) is 6.04. The minimum Gasteiger partial charge on any atom is -0.726 e. The molecular formula is C11H15ClNO4S-. The molecule has 5 nitrogen and oxygen atoms in total. The molecule has 0 saturated carbocycles. The highest BCUT2D eigenvalue weighted by atomic mass is 35.5. The van der Waals surface area contributed by atoms with Gasteiger partial charge in [0.1, 0.15) is 0 Å². The first kappa shape index (κ1) is 15.4. The van der Waals surface area contributed by atoms with E-state index >= 15 is 0 Å². The summed E-state index contributed by atoms with van der Waals surface area (Å²) in [6.07, 6.45) is 0. The fourth-order valence-corrected chi connectivity index (χ4v) is 1.88. The van der Waals surface area contributed by atoms with Gasteiger partial charge in [0.2, 0.25) is 10.4 Å². The first-order valence-electron chi connectivity index (χ1n) is 5.33. The molecule has 0 fully saturated rings. The van der Waals surface area contributed by atoms with Gasteiger partial charge in [-0.2, -0.15) is 0 Å². The summed E-state index contributed by atoms with van der Waals surface area (Å²) in [5, 5.41) is 0. The molecule has 0 bridgehead atoms. The molecule has 1 aromatic carbocycles. The average Bonchev–Trinajstić information content (AvgIpc) is 2.28. The van der Waals surface area contributed by atoms with Crippen LogP contribution < -0.4 is 0 Å². The molecule has 18 heavy (non-hydrogen) atoms. The van der Waals surface area contributed by atoms with E-state index in [2.05, 4.69) is 4.18 Å². The Hall–Kier alpha value is -0.660. The molecule has 0 aliphatic rings. The molecule has 0 spiro atoms. The molecule has 1 aromatic rings. The number of benzene rings is 1. The third-order valence-corrected chi connectivity index (χ3v) is 3.09. The molecule has 7 heteroatoms. The van der Waals surface area contributed by atoms with E-state index in [1.165, 1.54) is 0 Å². The van der Waals surface area contributed by atoms with Crippen LogP contribution in [0.5, 0.6) is 0 Å². The molecule has 0 amide bonds. The van der Waals surface area contributed by atoms with Gasteiger partial charge in [-0.3, -0.25) is 9.08 Å². The maximum atomic E-state index is 10.2. The fourth-order valence-electron chi connectivity index (χ4n) is 1.42. The second-order valence-corrected chi connectivity index (χ2v) is 5.24. The Balaban J connectivity index is 2.37. The van der Waals surface area contributed by atoms with Gasteiger partial charge in [0, 0.05) is 19.0 Å². The number of halogens is 1. The van der Waals surface area contributed by atoms with Crippen molar-refractivity contribution in [3.8, 4) is 0 Å². The van der Waals surface area contributed by atoms with Crippen LogP contribution in [-0.2, 0) is 27.0 Å². The van der Waals surface area contributed by atoms with Crippen LogP contribution in [0.3, 0.4) is 0 Å². The number of rotatable bonds is 7.